The normalized spacial score (nSPS) is 12.4. The SMILES string of the molecule is CCCNC(c1cccc(Br)c1F)c1cccc(F)c1Cl. The number of hydrogen-bond acceptors (Lipinski definition) is 1. The number of nitrogens with one attached hydrogen (secondary N) is 1. The lowest BCUT2D eigenvalue weighted by Crippen LogP contribution is -2.24. The third kappa shape index (κ3) is 3.62. The van der Waals surface area contributed by atoms with Crippen molar-refractivity contribution in [2.45, 2.75) is 19.4 Å². The van der Waals surface area contributed by atoms with E-state index >= 15 is 0 Å². The molecule has 1 unspecified atom stereocenters. The molecule has 1 nitrogen and oxygen atoms in total. The number of rotatable bonds is 5. The summed E-state index contributed by atoms with van der Waals surface area (Å²) >= 11 is 9.24. The van der Waals surface area contributed by atoms with Gasteiger partial charge in [0.1, 0.15) is 11.6 Å². The van der Waals surface area contributed by atoms with Crippen LogP contribution < -0.4 is 5.32 Å². The maximum atomic E-state index is 14.4. The molecule has 1 atom stereocenters. The van der Waals surface area contributed by atoms with Crippen LogP contribution in [0.25, 0.3) is 0 Å². The van der Waals surface area contributed by atoms with Crippen LogP contribution in [0.15, 0.2) is 40.9 Å². The summed E-state index contributed by atoms with van der Waals surface area (Å²) < 4.78 is 28.4. The van der Waals surface area contributed by atoms with Crippen molar-refractivity contribution in [3.8, 4) is 0 Å². The summed E-state index contributed by atoms with van der Waals surface area (Å²) in [7, 11) is 0. The minimum Gasteiger partial charge on any atom is -0.306 e. The van der Waals surface area contributed by atoms with E-state index in [0.29, 0.717) is 22.1 Å². The fourth-order valence-electron chi connectivity index (χ4n) is 2.16. The largest absolute Gasteiger partial charge is 0.306 e. The van der Waals surface area contributed by atoms with Gasteiger partial charge in [-0.05, 0) is 46.6 Å². The first kappa shape index (κ1) is 16.4. The van der Waals surface area contributed by atoms with Gasteiger partial charge in [0.25, 0.3) is 0 Å². The Balaban J connectivity index is 2.52. The Morgan fingerprint density at radius 3 is 2.52 bits per heavy atom. The van der Waals surface area contributed by atoms with Gasteiger partial charge >= 0.3 is 0 Å². The number of halogens is 4. The Labute approximate surface area is 136 Å². The van der Waals surface area contributed by atoms with Crippen molar-refractivity contribution >= 4 is 27.5 Å². The molecular formula is C16H15BrClF2N. The Kier molecular flexibility index (Phi) is 5.73. The first-order chi connectivity index (χ1) is 10.1. The molecule has 2 rings (SSSR count). The second-order valence-electron chi connectivity index (χ2n) is 4.67. The molecule has 2 aromatic carbocycles. The summed E-state index contributed by atoms with van der Waals surface area (Å²) in [6.07, 6.45) is 0.874. The molecule has 0 radical (unpaired) electrons. The highest BCUT2D eigenvalue weighted by Gasteiger charge is 2.22. The van der Waals surface area contributed by atoms with Crippen molar-refractivity contribution in [2.75, 3.05) is 6.54 Å². The van der Waals surface area contributed by atoms with Crippen LogP contribution in [0.4, 0.5) is 8.78 Å². The van der Waals surface area contributed by atoms with Crippen molar-refractivity contribution in [3.63, 3.8) is 0 Å². The molecule has 0 aliphatic heterocycles. The van der Waals surface area contributed by atoms with Crippen LogP contribution in [-0.2, 0) is 0 Å². The zero-order valence-electron chi connectivity index (χ0n) is 11.5. The van der Waals surface area contributed by atoms with E-state index in [1.165, 1.54) is 6.07 Å². The summed E-state index contributed by atoms with van der Waals surface area (Å²) in [5.74, 6) is -0.876. The molecule has 0 fully saturated rings. The molecule has 21 heavy (non-hydrogen) atoms. The fraction of sp³-hybridized carbons (Fsp3) is 0.250. The van der Waals surface area contributed by atoms with Crippen LogP contribution in [0, 0.1) is 11.6 Å². The molecule has 0 spiro atoms. The maximum absolute atomic E-state index is 14.4. The summed E-state index contributed by atoms with van der Waals surface area (Å²) in [6.45, 7) is 2.68. The molecule has 0 amide bonds. The highest BCUT2D eigenvalue weighted by atomic mass is 79.9. The third-order valence-corrected chi connectivity index (χ3v) is 4.19. The van der Waals surface area contributed by atoms with Gasteiger partial charge in [-0.15, -0.1) is 0 Å². The van der Waals surface area contributed by atoms with E-state index in [0.717, 1.165) is 6.42 Å². The summed E-state index contributed by atoms with van der Waals surface area (Å²) in [6, 6.07) is 9.13. The lowest BCUT2D eigenvalue weighted by atomic mass is 9.97. The number of benzene rings is 2. The standard InChI is InChI=1S/C16H15BrClF2N/c1-2-9-21-16(10-5-4-8-13(19)14(10)18)11-6-3-7-12(17)15(11)20/h3-8,16,21H,2,9H2,1H3. The molecule has 112 valence electrons. The molecule has 1 N–H and O–H groups in total. The Morgan fingerprint density at radius 1 is 1.14 bits per heavy atom. The van der Waals surface area contributed by atoms with Gasteiger partial charge in [0.15, 0.2) is 0 Å². The van der Waals surface area contributed by atoms with Crippen molar-refractivity contribution < 1.29 is 8.78 Å². The van der Waals surface area contributed by atoms with Gasteiger partial charge in [-0.3, -0.25) is 0 Å². The predicted molar refractivity (Wildman–Crippen MR) is 85.6 cm³/mol. The monoisotopic (exact) mass is 373 g/mol. The van der Waals surface area contributed by atoms with Gasteiger partial charge in [0.2, 0.25) is 0 Å². The summed E-state index contributed by atoms with van der Waals surface area (Å²) in [4.78, 5) is 0. The van der Waals surface area contributed by atoms with Crippen molar-refractivity contribution in [3.05, 3.63) is 68.7 Å². The lowest BCUT2D eigenvalue weighted by Gasteiger charge is -2.22. The van der Waals surface area contributed by atoms with Gasteiger partial charge in [-0.2, -0.15) is 0 Å². The molecule has 0 saturated carbocycles. The maximum Gasteiger partial charge on any atom is 0.142 e. The van der Waals surface area contributed by atoms with Crippen molar-refractivity contribution in [2.24, 2.45) is 0 Å². The average molecular weight is 375 g/mol. The zero-order chi connectivity index (χ0) is 15.4. The van der Waals surface area contributed by atoms with E-state index in [1.54, 1.807) is 30.3 Å². The Hall–Kier alpha value is -0.970. The molecule has 0 aliphatic rings. The van der Waals surface area contributed by atoms with E-state index in [9.17, 15) is 8.78 Å². The van der Waals surface area contributed by atoms with Crippen LogP contribution in [-0.4, -0.2) is 6.54 Å². The topological polar surface area (TPSA) is 12.0 Å². The molecule has 2 aromatic rings. The average Bonchev–Trinajstić information content (AvgIpc) is 2.47. The predicted octanol–water partition coefficient (Wildman–Crippen LogP) is 5.47. The molecule has 5 heteroatoms. The second kappa shape index (κ2) is 7.34. The molecular weight excluding hydrogens is 360 g/mol. The lowest BCUT2D eigenvalue weighted by molar-refractivity contribution is 0.540. The highest BCUT2D eigenvalue weighted by molar-refractivity contribution is 9.10. The van der Waals surface area contributed by atoms with Crippen LogP contribution >= 0.6 is 27.5 Å². The fourth-order valence-corrected chi connectivity index (χ4v) is 2.78. The molecule has 0 bridgehead atoms. The van der Waals surface area contributed by atoms with Crippen LogP contribution in [0.2, 0.25) is 5.02 Å². The first-order valence-corrected chi connectivity index (χ1v) is 7.84. The molecule has 0 heterocycles. The minimum atomic E-state index is -0.507. The van der Waals surface area contributed by atoms with Gasteiger partial charge in [-0.1, -0.05) is 42.8 Å². The molecule has 0 aliphatic carbocycles. The molecule has 0 aromatic heterocycles. The Morgan fingerprint density at radius 2 is 1.81 bits per heavy atom. The van der Waals surface area contributed by atoms with Gasteiger partial charge in [0.05, 0.1) is 15.5 Å². The van der Waals surface area contributed by atoms with E-state index in [4.69, 9.17) is 11.6 Å². The van der Waals surface area contributed by atoms with E-state index in [-0.39, 0.29) is 10.8 Å². The minimum absolute atomic E-state index is 0.0190. The third-order valence-electron chi connectivity index (χ3n) is 3.18. The van der Waals surface area contributed by atoms with Crippen LogP contribution in [0.3, 0.4) is 0 Å². The van der Waals surface area contributed by atoms with Gasteiger partial charge in [0, 0.05) is 5.56 Å². The van der Waals surface area contributed by atoms with Crippen molar-refractivity contribution in [1.29, 1.82) is 0 Å². The number of hydrogen-bond donors (Lipinski definition) is 1. The molecule has 0 saturated heterocycles. The van der Waals surface area contributed by atoms with Gasteiger partial charge < -0.3 is 5.32 Å². The van der Waals surface area contributed by atoms with Crippen molar-refractivity contribution in [1.82, 2.24) is 5.32 Å². The smallest absolute Gasteiger partial charge is 0.142 e. The van der Waals surface area contributed by atoms with Gasteiger partial charge in [-0.25, -0.2) is 8.78 Å². The van der Waals surface area contributed by atoms with E-state index < -0.39 is 11.9 Å². The van der Waals surface area contributed by atoms with E-state index in [2.05, 4.69) is 21.2 Å². The van der Waals surface area contributed by atoms with E-state index in [1.807, 2.05) is 6.92 Å². The van der Waals surface area contributed by atoms with Crippen LogP contribution in [0.5, 0.6) is 0 Å². The first-order valence-electron chi connectivity index (χ1n) is 6.67. The summed E-state index contributed by atoms with van der Waals surface area (Å²) in [5, 5.41) is 3.25. The highest BCUT2D eigenvalue weighted by Crippen LogP contribution is 2.33. The Bertz CT molecular complexity index is 582. The zero-order valence-corrected chi connectivity index (χ0v) is 13.8. The second-order valence-corrected chi connectivity index (χ2v) is 5.91. The van der Waals surface area contributed by atoms with Crippen LogP contribution in [0.1, 0.15) is 30.5 Å². The quantitative estimate of drug-likeness (QED) is 0.732. The summed E-state index contributed by atoms with van der Waals surface area (Å²) in [5.41, 5.74) is 0.965.